The van der Waals surface area contributed by atoms with E-state index in [1.165, 1.54) is 38.5 Å². The number of hydrogen-bond acceptors (Lipinski definition) is 2. The molecule has 0 heterocycles. The third-order valence-electron chi connectivity index (χ3n) is 3.76. The van der Waals surface area contributed by atoms with Crippen LogP contribution < -0.4 is 5.32 Å². The molecule has 2 aliphatic rings. The lowest BCUT2D eigenvalue weighted by Gasteiger charge is -2.11. The molecule has 2 aliphatic carbocycles. The van der Waals surface area contributed by atoms with E-state index in [4.69, 9.17) is 0 Å². The van der Waals surface area contributed by atoms with E-state index in [1.54, 1.807) is 17.8 Å². The van der Waals surface area contributed by atoms with Crippen molar-refractivity contribution in [2.45, 2.75) is 61.3 Å². The van der Waals surface area contributed by atoms with Crippen molar-refractivity contribution in [1.29, 1.82) is 0 Å². The average Bonchev–Trinajstić information content (AvgIpc) is 3.06. The molecule has 0 aliphatic heterocycles. The first-order valence-corrected chi connectivity index (χ1v) is 7.88. The molecular formula is C15H20FNS. The summed E-state index contributed by atoms with van der Waals surface area (Å²) in [5.41, 5.74) is 1.06. The van der Waals surface area contributed by atoms with Crippen LogP contribution in [0, 0.1) is 5.82 Å². The number of rotatable bonds is 5. The Labute approximate surface area is 113 Å². The highest BCUT2D eigenvalue weighted by Gasteiger charge is 2.20. The lowest BCUT2D eigenvalue weighted by atomic mass is 10.2. The quantitative estimate of drug-likeness (QED) is 0.859. The van der Waals surface area contributed by atoms with Crippen LogP contribution in [0.3, 0.4) is 0 Å². The second kappa shape index (κ2) is 5.62. The smallest absolute Gasteiger partial charge is 0.137 e. The standard InChI is InChI=1S/C15H20FNS/c16-14-9-11(10-17-12-6-7-12)5-8-15(14)18-13-3-1-2-4-13/h5,8-9,12-13,17H,1-4,6-7,10H2. The molecule has 1 aromatic rings. The van der Waals surface area contributed by atoms with Crippen molar-refractivity contribution in [1.82, 2.24) is 5.32 Å². The van der Waals surface area contributed by atoms with Crippen molar-refractivity contribution in [3.05, 3.63) is 29.6 Å². The second-order valence-electron chi connectivity index (χ2n) is 5.44. The Hall–Kier alpha value is -0.540. The molecule has 0 spiro atoms. The van der Waals surface area contributed by atoms with E-state index in [2.05, 4.69) is 11.4 Å². The largest absolute Gasteiger partial charge is 0.310 e. The minimum atomic E-state index is -0.0398. The van der Waals surface area contributed by atoms with Crippen LogP contribution in [0.4, 0.5) is 4.39 Å². The third-order valence-corrected chi connectivity index (χ3v) is 5.15. The molecule has 2 fully saturated rings. The molecule has 0 atom stereocenters. The van der Waals surface area contributed by atoms with Gasteiger partial charge in [0.25, 0.3) is 0 Å². The number of benzene rings is 1. The van der Waals surface area contributed by atoms with Crippen molar-refractivity contribution >= 4 is 11.8 Å². The fourth-order valence-corrected chi connectivity index (χ4v) is 3.73. The Morgan fingerprint density at radius 2 is 1.94 bits per heavy atom. The monoisotopic (exact) mass is 265 g/mol. The van der Waals surface area contributed by atoms with E-state index >= 15 is 0 Å². The molecule has 0 bridgehead atoms. The van der Waals surface area contributed by atoms with E-state index in [0.717, 1.165) is 17.0 Å². The van der Waals surface area contributed by atoms with Gasteiger partial charge in [0.15, 0.2) is 0 Å². The van der Waals surface area contributed by atoms with Gasteiger partial charge in [-0.1, -0.05) is 18.9 Å². The first-order chi connectivity index (χ1) is 8.81. The third kappa shape index (κ3) is 3.27. The normalized spacial score (nSPS) is 20.5. The Bertz CT molecular complexity index is 411. The van der Waals surface area contributed by atoms with Gasteiger partial charge < -0.3 is 5.32 Å². The molecule has 18 heavy (non-hydrogen) atoms. The molecule has 0 aromatic heterocycles. The van der Waals surface area contributed by atoms with Crippen molar-refractivity contribution in [3.63, 3.8) is 0 Å². The SMILES string of the molecule is Fc1cc(CNC2CC2)ccc1SC1CCCC1. The van der Waals surface area contributed by atoms with E-state index in [0.29, 0.717) is 11.3 Å². The summed E-state index contributed by atoms with van der Waals surface area (Å²) in [6.45, 7) is 0.802. The van der Waals surface area contributed by atoms with E-state index in [1.807, 2.05) is 6.07 Å². The molecule has 0 radical (unpaired) electrons. The van der Waals surface area contributed by atoms with Crippen LogP contribution in [-0.4, -0.2) is 11.3 Å². The Morgan fingerprint density at radius 3 is 2.61 bits per heavy atom. The van der Waals surface area contributed by atoms with Crippen LogP contribution in [0.25, 0.3) is 0 Å². The fraction of sp³-hybridized carbons (Fsp3) is 0.600. The molecule has 1 nitrogen and oxygen atoms in total. The maximum absolute atomic E-state index is 14.0. The van der Waals surface area contributed by atoms with Crippen LogP contribution in [0.15, 0.2) is 23.1 Å². The summed E-state index contributed by atoms with van der Waals surface area (Å²) in [7, 11) is 0. The molecule has 1 N–H and O–H groups in total. The highest BCUT2D eigenvalue weighted by atomic mass is 32.2. The van der Waals surface area contributed by atoms with E-state index in [9.17, 15) is 4.39 Å². The van der Waals surface area contributed by atoms with Gasteiger partial charge >= 0.3 is 0 Å². The Morgan fingerprint density at radius 1 is 1.17 bits per heavy atom. The van der Waals surface area contributed by atoms with E-state index in [-0.39, 0.29) is 5.82 Å². The van der Waals surface area contributed by atoms with Gasteiger partial charge in [-0.15, -0.1) is 11.8 Å². The molecular weight excluding hydrogens is 245 g/mol. The Balaban J connectivity index is 1.60. The molecule has 98 valence electrons. The molecule has 0 unspecified atom stereocenters. The van der Waals surface area contributed by atoms with Crippen LogP contribution in [0.5, 0.6) is 0 Å². The van der Waals surface area contributed by atoms with Crippen LogP contribution >= 0.6 is 11.8 Å². The maximum Gasteiger partial charge on any atom is 0.137 e. The summed E-state index contributed by atoms with van der Waals surface area (Å²) in [4.78, 5) is 0.831. The number of hydrogen-bond donors (Lipinski definition) is 1. The topological polar surface area (TPSA) is 12.0 Å². The molecule has 3 rings (SSSR count). The van der Waals surface area contributed by atoms with Gasteiger partial charge in [0, 0.05) is 22.7 Å². The summed E-state index contributed by atoms with van der Waals surface area (Å²) in [5.74, 6) is -0.0398. The van der Waals surface area contributed by atoms with Crippen LogP contribution in [-0.2, 0) is 6.54 Å². The van der Waals surface area contributed by atoms with Crippen molar-refractivity contribution < 1.29 is 4.39 Å². The van der Waals surface area contributed by atoms with Gasteiger partial charge in [0.1, 0.15) is 5.82 Å². The highest BCUT2D eigenvalue weighted by Crippen LogP contribution is 2.36. The lowest BCUT2D eigenvalue weighted by Crippen LogP contribution is -2.15. The number of halogens is 1. The van der Waals surface area contributed by atoms with Crippen molar-refractivity contribution in [2.75, 3.05) is 0 Å². The van der Waals surface area contributed by atoms with Gasteiger partial charge in [-0.25, -0.2) is 4.39 Å². The lowest BCUT2D eigenvalue weighted by molar-refractivity contribution is 0.594. The average molecular weight is 265 g/mol. The Kier molecular flexibility index (Phi) is 3.90. The summed E-state index contributed by atoms with van der Waals surface area (Å²) in [6, 6.07) is 6.41. The first kappa shape index (κ1) is 12.5. The minimum Gasteiger partial charge on any atom is -0.310 e. The van der Waals surface area contributed by atoms with Gasteiger partial charge in [-0.05, 0) is 43.4 Å². The molecule has 0 saturated heterocycles. The van der Waals surface area contributed by atoms with Crippen LogP contribution in [0.2, 0.25) is 0 Å². The van der Waals surface area contributed by atoms with Crippen molar-refractivity contribution in [3.8, 4) is 0 Å². The number of thioether (sulfide) groups is 1. The minimum absolute atomic E-state index is 0.0398. The van der Waals surface area contributed by atoms with Gasteiger partial charge in [-0.3, -0.25) is 0 Å². The summed E-state index contributed by atoms with van der Waals surface area (Å²) in [6.07, 6.45) is 7.66. The molecule has 1 aromatic carbocycles. The van der Waals surface area contributed by atoms with Crippen LogP contribution in [0.1, 0.15) is 44.1 Å². The second-order valence-corrected chi connectivity index (χ2v) is 6.79. The zero-order valence-corrected chi connectivity index (χ0v) is 11.4. The number of nitrogens with one attached hydrogen (secondary N) is 1. The maximum atomic E-state index is 14.0. The van der Waals surface area contributed by atoms with Gasteiger partial charge in [0.05, 0.1) is 0 Å². The summed E-state index contributed by atoms with van der Waals surface area (Å²) in [5, 5.41) is 4.05. The van der Waals surface area contributed by atoms with E-state index < -0.39 is 0 Å². The van der Waals surface area contributed by atoms with Gasteiger partial charge in [0.2, 0.25) is 0 Å². The fourth-order valence-electron chi connectivity index (χ4n) is 2.49. The predicted octanol–water partition coefficient (Wildman–Crippen LogP) is 4.11. The molecule has 0 amide bonds. The zero-order chi connectivity index (χ0) is 12.4. The first-order valence-electron chi connectivity index (χ1n) is 7.00. The van der Waals surface area contributed by atoms with Crippen molar-refractivity contribution in [2.24, 2.45) is 0 Å². The molecule has 2 saturated carbocycles. The zero-order valence-electron chi connectivity index (χ0n) is 10.6. The predicted molar refractivity (Wildman–Crippen MR) is 74.4 cm³/mol. The highest BCUT2D eigenvalue weighted by molar-refractivity contribution is 8.00. The van der Waals surface area contributed by atoms with Gasteiger partial charge in [-0.2, -0.15) is 0 Å². The summed E-state index contributed by atoms with van der Waals surface area (Å²) < 4.78 is 14.0. The summed E-state index contributed by atoms with van der Waals surface area (Å²) >= 11 is 1.73. The molecule has 3 heteroatoms.